The summed E-state index contributed by atoms with van der Waals surface area (Å²) < 4.78 is 51.0. The van der Waals surface area contributed by atoms with E-state index in [1.807, 2.05) is 20.8 Å². The van der Waals surface area contributed by atoms with Crippen molar-refractivity contribution in [1.82, 2.24) is 9.31 Å². The molecule has 0 radical (unpaired) electrons. The largest absolute Gasteiger partial charge is 0.493 e. The number of sulfonamides is 1. The average molecular weight is 640 g/mol. The fourth-order valence-electron chi connectivity index (χ4n) is 5.19. The smallest absolute Gasteiger partial charge is 0.350 e. The number of benzene rings is 3. The molecule has 2 atom stereocenters. The third kappa shape index (κ3) is 5.73. The molecule has 3 heterocycles. The van der Waals surface area contributed by atoms with Crippen molar-refractivity contribution in [3.05, 3.63) is 76.9 Å². The third-order valence-corrected chi connectivity index (χ3v) is 9.30. The number of carboxylic acid groups (broad SMARTS) is 1. The minimum atomic E-state index is -4.90. The average Bonchev–Trinajstić information content (AvgIpc) is 3.49. The lowest BCUT2D eigenvalue weighted by atomic mass is 10.0. The van der Waals surface area contributed by atoms with E-state index >= 15 is 0 Å². The number of hydrogen-bond donors (Lipinski definition) is 2. The number of nitrogens with zero attached hydrogens (tertiary/aromatic N) is 2. The van der Waals surface area contributed by atoms with Gasteiger partial charge in [-0.15, -0.1) is 0 Å². The van der Waals surface area contributed by atoms with Crippen LogP contribution in [0.4, 0.5) is 0 Å². The van der Waals surface area contributed by atoms with Gasteiger partial charge in [0.1, 0.15) is 5.75 Å². The molecule has 0 aliphatic carbocycles. The first-order valence-electron chi connectivity index (χ1n) is 14.1. The summed E-state index contributed by atoms with van der Waals surface area (Å²) in [4.78, 5) is 40.7. The summed E-state index contributed by atoms with van der Waals surface area (Å²) in [6.07, 6.45) is -3.12. The maximum absolute atomic E-state index is 14.2. The van der Waals surface area contributed by atoms with E-state index in [1.54, 1.807) is 12.1 Å². The van der Waals surface area contributed by atoms with Gasteiger partial charge in [0.05, 0.1) is 12.0 Å². The third-order valence-electron chi connectivity index (χ3n) is 7.54. The highest BCUT2D eigenvalue weighted by Crippen LogP contribution is 2.44. The number of fused-ring (bicyclic) bond motifs is 9. The van der Waals surface area contributed by atoms with Crippen LogP contribution in [0.25, 0.3) is 0 Å². The summed E-state index contributed by atoms with van der Waals surface area (Å²) >= 11 is 0. The van der Waals surface area contributed by atoms with Crippen molar-refractivity contribution in [2.24, 2.45) is 5.84 Å². The fraction of sp³-hybridized carbons (Fsp3) is 0.323. The second-order valence-corrected chi connectivity index (χ2v) is 12.6. The second kappa shape index (κ2) is 12.3. The Morgan fingerprint density at radius 3 is 2.40 bits per heavy atom. The number of carbonyl (C=O) groups is 3. The number of hydrazine groups is 1. The van der Waals surface area contributed by atoms with Gasteiger partial charge in [-0.25, -0.2) is 24.1 Å². The van der Waals surface area contributed by atoms with Crippen molar-refractivity contribution in [3.8, 4) is 23.0 Å². The Labute approximate surface area is 260 Å². The van der Waals surface area contributed by atoms with Gasteiger partial charge in [0.2, 0.25) is 24.8 Å². The number of hydrogen-bond acceptors (Lipinski definition) is 10. The summed E-state index contributed by atoms with van der Waals surface area (Å²) in [5, 5.41) is 10.6. The Kier molecular flexibility index (Phi) is 8.63. The molecule has 238 valence electrons. The van der Waals surface area contributed by atoms with Crippen LogP contribution in [0, 0.1) is 0 Å². The minimum absolute atomic E-state index is 0.0762. The normalized spacial score (nSPS) is 18.2. The van der Waals surface area contributed by atoms with Gasteiger partial charge in [-0.2, -0.15) is 4.31 Å². The Bertz CT molecular complexity index is 1760. The van der Waals surface area contributed by atoms with Gasteiger partial charge in [-0.05, 0) is 65.9 Å². The number of methoxy groups -OCH3 is 1. The van der Waals surface area contributed by atoms with Gasteiger partial charge in [0.15, 0.2) is 11.5 Å². The number of ether oxygens (including phenoxy) is 4. The number of aryl methyl sites for hydroxylation is 1. The van der Waals surface area contributed by atoms with Crippen LogP contribution in [0.3, 0.4) is 0 Å². The van der Waals surface area contributed by atoms with Crippen LogP contribution in [0.1, 0.15) is 66.3 Å². The predicted molar refractivity (Wildman–Crippen MR) is 159 cm³/mol. The van der Waals surface area contributed by atoms with Gasteiger partial charge >= 0.3 is 5.97 Å². The van der Waals surface area contributed by atoms with E-state index < -0.39 is 40.1 Å². The van der Waals surface area contributed by atoms with E-state index in [4.69, 9.17) is 24.8 Å². The van der Waals surface area contributed by atoms with Gasteiger partial charge in [-0.1, -0.05) is 39.3 Å². The second-order valence-electron chi connectivity index (χ2n) is 10.8. The minimum Gasteiger partial charge on any atom is -0.493 e. The Hall–Kier alpha value is -4.82. The van der Waals surface area contributed by atoms with Gasteiger partial charge < -0.3 is 24.1 Å². The van der Waals surface area contributed by atoms with E-state index in [0.29, 0.717) is 24.2 Å². The summed E-state index contributed by atoms with van der Waals surface area (Å²) in [6, 6.07) is 12.8. The van der Waals surface area contributed by atoms with Crippen molar-refractivity contribution in [2.45, 2.75) is 56.7 Å². The predicted octanol–water partition coefficient (Wildman–Crippen LogP) is 3.58. The van der Waals surface area contributed by atoms with Crippen LogP contribution in [0.2, 0.25) is 0 Å². The highest BCUT2D eigenvalue weighted by molar-refractivity contribution is 7.89. The van der Waals surface area contributed by atoms with Crippen molar-refractivity contribution >= 4 is 27.8 Å². The van der Waals surface area contributed by atoms with Crippen molar-refractivity contribution < 1.29 is 46.9 Å². The quantitative estimate of drug-likeness (QED) is 0.272. The fourth-order valence-corrected chi connectivity index (χ4v) is 6.67. The van der Waals surface area contributed by atoms with Crippen LogP contribution >= 0.6 is 0 Å². The molecule has 3 aliphatic rings. The van der Waals surface area contributed by atoms with Crippen molar-refractivity contribution in [1.29, 1.82) is 0 Å². The molecule has 0 spiro atoms. The molecule has 14 heteroatoms. The molecule has 2 unspecified atom stereocenters. The summed E-state index contributed by atoms with van der Waals surface area (Å²) in [5.74, 6) is 3.01. The van der Waals surface area contributed by atoms with Gasteiger partial charge in [0, 0.05) is 11.1 Å². The molecule has 2 bridgehead atoms. The zero-order chi connectivity index (χ0) is 32.6. The molecular weight excluding hydrogens is 606 g/mol. The summed E-state index contributed by atoms with van der Waals surface area (Å²) in [7, 11) is -3.51. The van der Waals surface area contributed by atoms with E-state index in [9.17, 15) is 27.9 Å². The molecule has 6 rings (SSSR count). The first-order valence-corrected chi connectivity index (χ1v) is 15.6. The molecule has 2 amide bonds. The van der Waals surface area contributed by atoms with Crippen LogP contribution in [0.5, 0.6) is 23.0 Å². The number of aliphatic carboxylic acids is 1. The van der Waals surface area contributed by atoms with E-state index in [2.05, 4.69) is 0 Å². The lowest BCUT2D eigenvalue weighted by molar-refractivity contribution is -0.158. The van der Waals surface area contributed by atoms with E-state index in [-0.39, 0.29) is 55.3 Å². The standard InChI is InChI=1S/C31H33N3O10S/c1-5-6-19-13-20-9-12-23(19)44-26(21-14-24(41-4)27-25(15-21)42-16-43-27)30(36)33(32)28(31(37)38)34(29(20)35)45(39,40)22-10-7-18(8-11-22)17(2)3/h7-15,17,26,28H,5-6,16,32H2,1-4H3,(H,37,38). The van der Waals surface area contributed by atoms with Crippen LogP contribution in [-0.4, -0.2) is 60.7 Å². The highest BCUT2D eigenvalue weighted by Gasteiger charge is 2.47. The molecule has 45 heavy (non-hydrogen) atoms. The summed E-state index contributed by atoms with van der Waals surface area (Å²) in [6.45, 7) is 5.63. The Morgan fingerprint density at radius 1 is 1.07 bits per heavy atom. The maximum atomic E-state index is 14.2. The highest BCUT2D eigenvalue weighted by atomic mass is 32.2. The van der Waals surface area contributed by atoms with Gasteiger partial charge in [-0.3, -0.25) is 9.59 Å². The molecule has 3 N–H and O–H groups in total. The number of rotatable bonds is 8. The molecular formula is C31H33N3O10S. The SMILES string of the molecule is CCCc1cc2ccc1OC(c1cc(OC)c3c(c1)OCO3)C(=O)N(N)C(C(=O)O)N(S(=O)(=O)c1ccc(C(C)C)cc1)C2=O. The van der Waals surface area contributed by atoms with Gasteiger partial charge in [0.25, 0.3) is 21.8 Å². The van der Waals surface area contributed by atoms with E-state index in [1.165, 1.54) is 49.6 Å². The zero-order valence-electron chi connectivity index (χ0n) is 25.1. The number of nitrogens with two attached hydrogens (primary N) is 1. The molecule has 3 aliphatic heterocycles. The molecule has 3 aromatic rings. The topological polar surface area (TPSA) is 175 Å². The Balaban J connectivity index is 1.73. The molecule has 13 nitrogen and oxygen atoms in total. The number of amides is 2. The lowest BCUT2D eigenvalue weighted by Gasteiger charge is -2.34. The van der Waals surface area contributed by atoms with Crippen LogP contribution < -0.4 is 24.8 Å². The van der Waals surface area contributed by atoms with Crippen LogP contribution in [-0.2, 0) is 26.0 Å². The molecule has 0 fully saturated rings. The zero-order valence-corrected chi connectivity index (χ0v) is 25.9. The molecule has 3 aromatic carbocycles. The monoisotopic (exact) mass is 639 g/mol. The first kappa shape index (κ1) is 31.6. The lowest BCUT2D eigenvalue weighted by Crippen LogP contribution is -2.62. The van der Waals surface area contributed by atoms with Crippen molar-refractivity contribution in [2.75, 3.05) is 13.9 Å². The molecule has 0 saturated heterocycles. The first-order chi connectivity index (χ1) is 21.4. The Morgan fingerprint density at radius 2 is 1.78 bits per heavy atom. The van der Waals surface area contributed by atoms with Crippen LogP contribution in [0.15, 0.2) is 59.5 Å². The maximum Gasteiger partial charge on any atom is 0.350 e. The van der Waals surface area contributed by atoms with E-state index in [0.717, 1.165) is 5.56 Å². The summed E-state index contributed by atoms with van der Waals surface area (Å²) in [5.41, 5.74) is 1.33. The number of carbonyl (C=O) groups excluding carboxylic acids is 2. The molecule has 0 saturated carbocycles. The molecule has 0 aromatic heterocycles. The number of carboxylic acids is 1. The van der Waals surface area contributed by atoms with Crippen molar-refractivity contribution in [3.63, 3.8) is 0 Å².